The Bertz CT molecular complexity index is 209. The van der Waals surface area contributed by atoms with E-state index in [0.29, 0.717) is 0 Å². The van der Waals surface area contributed by atoms with Crippen LogP contribution in [-0.2, 0) is 9.53 Å². The van der Waals surface area contributed by atoms with E-state index in [2.05, 4.69) is 5.32 Å². The predicted molar refractivity (Wildman–Crippen MR) is 59.4 cm³/mol. The molecule has 0 radical (unpaired) electrons. The maximum atomic E-state index is 11.5. The number of nitrogens with two attached hydrogens (primary N) is 1. The molecule has 1 aliphatic heterocycles. The van der Waals surface area contributed by atoms with E-state index < -0.39 is 0 Å². The molecule has 3 N–H and O–H groups in total. The molecule has 0 bridgehead atoms. The van der Waals surface area contributed by atoms with Crippen LogP contribution in [0.5, 0.6) is 0 Å². The van der Waals surface area contributed by atoms with E-state index in [0.717, 1.165) is 39.0 Å². The van der Waals surface area contributed by atoms with Gasteiger partial charge < -0.3 is 15.8 Å². The molecule has 0 spiro atoms. The Morgan fingerprint density at radius 2 is 2.20 bits per heavy atom. The van der Waals surface area contributed by atoms with Gasteiger partial charge in [-0.15, -0.1) is 0 Å². The van der Waals surface area contributed by atoms with Gasteiger partial charge in [0, 0.05) is 13.1 Å². The summed E-state index contributed by atoms with van der Waals surface area (Å²) >= 11 is 0. The van der Waals surface area contributed by atoms with Gasteiger partial charge in [0.15, 0.2) is 0 Å². The first-order valence-electron chi connectivity index (χ1n) is 5.77. The average Bonchev–Trinajstić information content (AvgIpc) is 2.27. The van der Waals surface area contributed by atoms with Gasteiger partial charge in [-0.1, -0.05) is 13.8 Å². The number of hydrogen-bond donors (Lipinski definition) is 2. The first-order chi connectivity index (χ1) is 7.14. The molecule has 4 nitrogen and oxygen atoms in total. The first kappa shape index (κ1) is 12.5. The summed E-state index contributed by atoms with van der Waals surface area (Å²) < 4.78 is 5.62. The zero-order chi connectivity index (χ0) is 11.3. The molecular formula is C11H22N2O2. The highest BCUT2D eigenvalue weighted by atomic mass is 16.5. The summed E-state index contributed by atoms with van der Waals surface area (Å²) in [5.41, 5.74) is 5.11. The van der Waals surface area contributed by atoms with Crippen molar-refractivity contribution in [3.63, 3.8) is 0 Å². The highest BCUT2D eigenvalue weighted by molar-refractivity contribution is 5.80. The molecule has 4 heteroatoms. The van der Waals surface area contributed by atoms with Gasteiger partial charge >= 0.3 is 0 Å². The largest absolute Gasteiger partial charge is 0.376 e. The lowest BCUT2D eigenvalue weighted by Crippen LogP contribution is -2.45. The second-order valence-electron chi connectivity index (χ2n) is 4.25. The third-order valence-corrected chi connectivity index (χ3v) is 3.50. The van der Waals surface area contributed by atoms with Crippen LogP contribution in [0, 0.1) is 5.41 Å². The van der Waals surface area contributed by atoms with E-state index >= 15 is 0 Å². The van der Waals surface area contributed by atoms with Gasteiger partial charge in [-0.25, -0.2) is 0 Å². The van der Waals surface area contributed by atoms with Gasteiger partial charge in [0.2, 0.25) is 5.91 Å². The number of primary amides is 1. The molecule has 0 saturated carbocycles. The lowest BCUT2D eigenvalue weighted by atomic mass is 9.76. The molecule has 0 aliphatic carbocycles. The van der Waals surface area contributed by atoms with E-state index in [1.165, 1.54) is 0 Å². The van der Waals surface area contributed by atoms with Crippen LogP contribution < -0.4 is 11.1 Å². The zero-order valence-corrected chi connectivity index (χ0v) is 9.71. The Kier molecular flexibility index (Phi) is 4.54. The van der Waals surface area contributed by atoms with E-state index in [9.17, 15) is 4.79 Å². The number of hydrogen-bond acceptors (Lipinski definition) is 3. The monoisotopic (exact) mass is 214 g/mol. The maximum absolute atomic E-state index is 11.5. The molecule has 1 atom stereocenters. The van der Waals surface area contributed by atoms with Crippen molar-refractivity contribution in [3.05, 3.63) is 0 Å². The van der Waals surface area contributed by atoms with Crippen LogP contribution >= 0.6 is 0 Å². The Balaban J connectivity index is 2.60. The quantitative estimate of drug-likeness (QED) is 0.706. The third kappa shape index (κ3) is 2.92. The number of ether oxygens (including phenoxy) is 1. The number of morpholine rings is 1. The van der Waals surface area contributed by atoms with Crippen molar-refractivity contribution in [2.24, 2.45) is 11.1 Å². The second kappa shape index (κ2) is 5.47. The smallest absolute Gasteiger partial charge is 0.223 e. The minimum atomic E-state index is -0.385. The Hall–Kier alpha value is -0.610. The molecule has 15 heavy (non-hydrogen) atoms. The fraction of sp³-hybridized carbons (Fsp3) is 0.909. The molecule has 0 aromatic carbocycles. The highest BCUT2D eigenvalue weighted by Gasteiger charge is 2.36. The van der Waals surface area contributed by atoms with Gasteiger partial charge in [-0.05, 0) is 19.3 Å². The van der Waals surface area contributed by atoms with Gasteiger partial charge in [-0.3, -0.25) is 4.79 Å². The molecule has 1 saturated heterocycles. The molecule has 0 aromatic heterocycles. The Morgan fingerprint density at radius 3 is 2.60 bits per heavy atom. The van der Waals surface area contributed by atoms with Crippen molar-refractivity contribution < 1.29 is 9.53 Å². The molecule has 1 fully saturated rings. The minimum absolute atomic E-state index is 0.131. The van der Waals surface area contributed by atoms with Crippen LogP contribution in [0.4, 0.5) is 0 Å². The van der Waals surface area contributed by atoms with Crippen molar-refractivity contribution >= 4 is 5.91 Å². The Morgan fingerprint density at radius 1 is 1.53 bits per heavy atom. The molecule has 1 amide bonds. The van der Waals surface area contributed by atoms with Crippen LogP contribution in [-0.4, -0.2) is 31.7 Å². The molecular weight excluding hydrogens is 192 g/mol. The van der Waals surface area contributed by atoms with Crippen LogP contribution in [0.15, 0.2) is 0 Å². The number of carbonyl (C=O) groups excluding carboxylic acids is 1. The summed E-state index contributed by atoms with van der Waals surface area (Å²) in [6, 6.07) is 0. The number of amides is 1. The number of carbonyl (C=O) groups is 1. The van der Waals surface area contributed by atoms with Crippen molar-refractivity contribution in [3.8, 4) is 0 Å². The van der Waals surface area contributed by atoms with E-state index in [1.807, 2.05) is 13.8 Å². The normalized spacial score (nSPS) is 22.7. The van der Waals surface area contributed by atoms with Crippen molar-refractivity contribution in [1.82, 2.24) is 5.32 Å². The maximum Gasteiger partial charge on any atom is 0.223 e. The summed E-state index contributed by atoms with van der Waals surface area (Å²) in [7, 11) is 0. The molecule has 0 aromatic rings. The van der Waals surface area contributed by atoms with Crippen LogP contribution in [0.1, 0.15) is 33.1 Å². The van der Waals surface area contributed by atoms with E-state index in [1.54, 1.807) is 0 Å². The SMILES string of the molecule is CCC(CC)(CC1CNCCO1)C(N)=O. The standard InChI is InChI=1S/C11H22N2O2/c1-3-11(4-2,10(12)14)7-9-8-13-5-6-15-9/h9,13H,3-8H2,1-2H3,(H2,12,14). The van der Waals surface area contributed by atoms with E-state index in [-0.39, 0.29) is 17.4 Å². The topological polar surface area (TPSA) is 64.3 Å². The van der Waals surface area contributed by atoms with Crippen LogP contribution in [0.25, 0.3) is 0 Å². The fourth-order valence-corrected chi connectivity index (χ4v) is 2.17. The first-order valence-corrected chi connectivity index (χ1v) is 5.77. The van der Waals surface area contributed by atoms with Crippen LogP contribution in [0.3, 0.4) is 0 Å². The molecule has 1 heterocycles. The number of rotatable bonds is 5. The molecule has 1 aliphatic rings. The number of nitrogens with one attached hydrogen (secondary N) is 1. The minimum Gasteiger partial charge on any atom is -0.376 e. The van der Waals surface area contributed by atoms with Gasteiger partial charge in [0.05, 0.1) is 18.1 Å². The van der Waals surface area contributed by atoms with Crippen LogP contribution in [0.2, 0.25) is 0 Å². The van der Waals surface area contributed by atoms with Gasteiger partial charge in [0.25, 0.3) is 0 Å². The molecule has 1 rings (SSSR count). The Labute approximate surface area is 91.5 Å². The third-order valence-electron chi connectivity index (χ3n) is 3.50. The average molecular weight is 214 g/mol. The summed E-state index contributed by atoms with van der Waals surface area (Å²) in [6.45, 7) is 6.50. The summed E-state index contributed by atoms with van der Waals surface area (Å²) in [4.78, 5) is 11.5. The predicted octanol–water partition coefficient (Wildman–Crippen LogP) is 0.657. The lowest BCUT2D eigenvalue weighted by Gasteiger charge is -2.34. The van der Waals surface area contributed by atoms with Gasteiger partial charge in [0.1, 0.15) is 0 Å². The lowest BCUT2D eigenvalue weighted by molar-refractivity contribution is -0.131. The van der Waals surface area contributed by atoms with Crippen molar-refractivity contribution in [2.75, 3.05) is 19.7 Å². The highest BCUT2D eigenvalue weighted by Crippen LogP contribution is 2.32. The van der Waals surface area contributed by atoms with Crippen molar-refractivity contribution in [2.45, 2.75) is 39.2 Å². The van der Waals surface area contributed by atoms with E-state index in [4.69, 9.17) is 10.5 Å². The second-order valence-corrected chi connectivity index (χ2v) is 4.25. The van der Waals surface area contributed by atoms with Gasteiger partial charge in [-0.2, -0.15) is 0 Å². The summed E-state index contributed by atoms with van der Waals surface area (Å²) in [5.74, 6) is -0.193. The molecule has 88 valence electrons. The fourth-order valence-electron chi connectivity index (χ4n) is 2.17. The molecule has 1 unspecified atom stereocenters. The summed E-state index contributed by atoms with van der Waals surface area (Å²) in [6.07, 6.45) is 2.45. The van der Waals surface area contributed by atoms with Crippen molar-refractivity contribution in [1.29, 1.82) is 0 Å². The zero-order valence-electron chi connectivity index (χ0n) is 9.71. The summed E-state index contributed by atoms with van der Waals surface area (Å²) in [5, 5.41) is 3.27.